The molecule has 0 aliphatic heterocycles. The number of amides is 1. The number of hydrogen-bond acceptors (Lipinski definition) is 4. The zero-order valence-corrected chi connectivity index (χ0v) is 11.1. The number of aromatic hydroxyl groups is 1. The molecule has 2 N–H and O–H groups in total. The Labute approximate surface area is 122 Å². The fourth-order valence-electron chi connectivity index (χ4n) is 1.58. The number of carbonyl (C=O) groups is 1. The van der Waals surface area contributed by atoms with Crippen LogP contribution in [0.2, 0.25) is 5.02 Å². The Morgan fingerprint density at radius 2 is 2.00 bits per heavy atom. The van der Waals surface area contributed by atoms with Crippen LogP contribution in [0, 0.1) is 15.9 Å². The number of carbonyl (C=O) groups excluding carboxylic acids is 1. The lowest BCUT2D eigenvalue weighted by atomic mass is 10.2. The molecule has 6 nitrogen and oxygen atoms in total. The fourth-order valence-corrected chi connectivity index (χ4v) is 1.83. The molecule has 0 unspecified atom stereocenters. The first-order valence-electron chi connectivity index (χ1n) is 5.62. The number of nitrogens with zero attached hydrogens (tertiary/aromatic N) is 1. The lowest BCUT2D eigenvalue weighted by Gasteiger charge is -2.06. The van der Waals surface area contributed by atoms with Gasteiger partial charge in [-0.2, -0.15) is 0 Å². The first kappa shape index (κ1) is 14.7. The van der Waals surface area contributed by atoms with Crippen LogP contribution in [0.5, 0.6) is 5.75 Å². The number of benzene rings is 2. The second-order valence-electron chi connectivity index (χ2n) is 4.04. The molecule has 108 valence electrons. The number of phenolic OH excluding ortho intramolecular Hbond substituents is 1. The molecule has 2 aromatic carbocycles. The molecule has 0 aliphatic rings. The summed E-state index contributed by atoms with van der Waals surface area (Å²) in [5.74, 6) is -2.03. The molecule has 0 spiro atoms. The Hall–Kier alpha value is -2.67. The lowest BCUT2D eigenvalue weighted by Crippen LogP contribution is -2.12. The predicted molar refractivity (Wildman–Crippen MR) is 74.1 cm³/mol. The van der Waals surface area contributed by atoms with E-state index in [9.17, 15) is 19.3 Å². The van der Waals surface area contributed by atoms with Gasteiger partial charge in [0.25, 0.3) is 11.6 Å². The predicted octanol–water partition coefficient (Wildman–Crippen LogP) is 3.35. The minimum absolute atomic E-state index is 0.0825. The summed E-state index contributed by atoms with van der Waals surface area (Å²) in [6.45, 7) is 0. The molecule has 0 aromatic heterocycles. The zero-order chi connectivity index (χ0) is 15.6. The highest BCUT2D eigenvalue weighted by molar-refractivity contribution is 6.33. The van der Waals surface area contributed by atoms with Crippen molar-refractivity contribution in [2.45, 2.75) is 0 Å². The van der Waals surface area contributed by atoms with Crippen molar-refractivity contribution >= 4 is 28.9 Å². The summed E-state index contributed by atoms with van der Waals surface area (Å²) < 4.78 is 13.1. The lowest BCUT2D eigenvalue weighted by molar-refractivity contribution is -0.384. The number of phenols is 1. The third-order valence-electron chi connectivity index (χ3n) is 2.61. The van der Waals surface area contributed by atoms with Gasteiger partial charge in [-0.3, -0.25) is 14.9 Å². The number of nitrogens with one attached hydrogen (secondary N) is 1. The molecule has 21 heavy (non-hydrogen) atoms. The first-order valence-corrected chi connectivity index (χ1v) is 6.00. The summed E-state index contributed by atoms with van der Waals surface area (Å²) in [5.41, 5.74) is -0.104. The SMILES string of the molecule is O=C(Nc1ccc(O)c(F)c1)c1ccc([N+](=O)[O-])c(Cl)c1. The summed E-state index contributed by atoms with van der Waals surface area (Å²) in [5, 5.41) is 21.9. The number of anilines is 1. The Kier molecular flexibility index (Phi) is 4.04. The molecule has 2 aromatic rings. The number of rotatable bonds is 3. The van der Waals surface area contributed by atoms with Crippen LogP contribution in [0.1, 0.15) is 10.4 Å². The van der Waals surface area contributed by atoms with Gasteiger partial charge in [0.1, 0.15) is 5.02 Å². The molecule has 0 saturated carbocycles. The van der Waals surface area contributed by atoms with E-state index in [-0.39, 0.29) is 22.0 Å². The molecule has 8 heteroatoms. The van der Waals surface area contributed by atoms with Crippen LogP contribution < -0.4 is 5.32 Å². The van der Waals surface area contributed by atoms with Gasteiger partial charge in [-0.1, -0.05) is 11.6 Å². The van der Waals surface area contributed by atoms with E-state index in [4.69, 9.17) is 16.7 Å². The van der Waals surface area contributed by atoms with E-state index in [0.717, 1.165) is 24.3 Å². The molecule has 0 saturated heterocycles. The van der Waals surface area contributed by atoms with E-state index in [1.165, 1.54) is 12.1 Å². The number of halogens is 2. The average Bonchev–Trinajstić information content (AvgIpc) is 2.42. The molecular formula is C13H8ClFN2O4. The van der Waals surface area contributed by atoms with Crippen molar-refractivity contribution in [1.29, 1.82) is 0 Å². The summed E-state index contributed by atoms with van der Waals surface area (Å²) in [7, 11) is 0. The molecule has 0 aliphatic carbocycles. The number of nitro benzene ring substituents is 1. The van der Waals surface area contributed by atoms with Crippen LogP contribution in [-0.2, 0) is 0 Å². The van der Waals surface area contributed by atoms with E-state index in [1.54, 1.807) is 0 Å². The van der Waals surface area contributed by atoms with Gasteiger partial charge in [0, 0.05) is 23.4 Å². The van der Waals surface area contributed by atoms with E-state index in [2.05, 4.69) is 5.32 Å². The Morgan fingerprint density at radius 3 is 2.57 bits per heavy atom. The minimum Gasteiger partial charge on any atom is -0.505 e. The molecule has 0 heterocycles. The molecule has 1 amide bonds. The second kappa shape index (κ2) is 5.76. The van der Waals surface area contributed by atoms with Gasteiger partial charge in [-0.25, -0.2) is 4.39 Å². The second-order valence-corrected chi connectivity index (χ2v) is 4.45. The minimum atomic E-state index is -0.880. The highest BCUT2D eigenvalue weighted by Gasteiger charge is 2.15. The molecule has 0 bridgehead atoms. The van der Waals surface area contributed by atoms with Gasteiger partial charge >= 0.3 is 0 Å². The first-order chi connectivity index (χ1) is 9.88. The monoisotopic (exact) mass is 310 g/mol. The van der Waals surface area contributed by atoms with Crippen LogP contribution in [0.4, 0.5) is 15.8 Å². The Bertz CT molecular complexity index is 736. The average molecular weight is 311 g/mol. The van der Waals surface area contributed by atoms with E-state index >= 15 is 0 Å². The molecule has 0 radical (unpaired) electrons. The standard InChI is InChI=1S/C13H8ClFN2O4/c14-9-5-7(1-3-11(9)17(20)21)13(19)16-8-2-4-12(18)10(15)6-8/h1-6,18H,(H,16,19). The van der Waals surface area contributed by atoms with Gasteiger partial charge in [0.15, 0.2) is 11.6 Å². The molecule has 0 fully saturated rings. The van der Waals surface area contributed by atoms with Crippen molar-refractivity contribution in [3.05, 3.63) is 62.9 Å². The van der Waals surface area contributed by atoms with Crippen LogP contribution in [0.15, 0.2) is 36.4 Å². The molecule has 2 rings (SSSR count). The van der Waals surface area contributed by atoms with Crippen LogP contribution in [-0.4, -0.2) is 15.9 Å². The fraction of sp³-hybridized carbons (Fsp3) is 0. The maximum Gasteiger partial charge on any atom is 0.287 e. The summed E-state index contributed by atoms with van der Waals surface area (Å²) in [4.78, 5) is 21.9. The van der Waals surface area contributed by atoms with Crippen molar-refractivity contribution in [1.82, 2.24) is 0 Å². The van der Waals surface area contributed by atoms with Crippen LogP contribution in [0.3, 0.4) is 0 Å². The number of nitro groups is 1. The van der Waals surface area contributed by atoms with E-state index in [1.807, 2.05) is 0 Å². The van der Waals surface area contributed by atoms with Gasteiger partial charge in [0.2, 0.25) is 0 Å². The topological polar surface area (TPSA) is 92.5 Å². The van der Waals surface area contributed by atoms with E-state index < -0.39 is 22.4 Å². The van der Waals surface area contributed by atoms with Crippen molar-refractivity contribution < 1.29 is 19.2 Å². The largest absolute Gasteiger partial charge is 0.505 e. The maximum absolute atomic E-state index is 13.1. The molecular weight excluding hydrogens is 303 g/mol. The van der Waals surface area contributed by atoms with Crippen molar-refractivity contribution in [2.75, 3.05) is 5.32 Å². The van der Waals surface area contributed by atoms with Gasteiger partial charge in [-0.05, 0) is 24.3 Å². The number of hydrogen-bond donors (Lipinski definition) is 2. The summed E-state index contributed by atoms with van der Waals surface area (Å²) in [6.07, 6.45) is 0. The summed E-state index contributed by atoms with van der Waals surface area (Å²) >= 11 is 5.70. The van der Waals surface area contributed by atoms with Crippen LogP contribution >= 0.6 is 11.6 Å². The van der Waals surface area contributed by atoms with Gasteiger partial charge in [-0.15, -0.1) is 0 Å². The van der Waals surface area contributed by atoms with Crippen molar-refractivity contribution in [2.24, 2.45) is 0 Å². The van der Waals surface area contributed by atoms with Crippen molar-refractivity contribution in [3.63, 3.8) is 0 Å². The summed E-state index contributed by atoms with van der Waals surface area (Å²) in [6, 6.07) is 6.83. The maximum atomic E-state index is 13.1. The third kappa shape index (κ3) is 3.26. The van der Waals surface area contributed by atoms with Crippen LogP contribution in [0.25, 0.3) is 0 Å². The Morgan fingerprint density at radius 1 is 1.29 bits per heavy atom. The molecule has 0 atom stereocenters. The third-order valence-corrected chi connectivity index (χ3v) is 2.91. The van der Waals surface area contributed by atoms with E-state index in [0.29, 0.717) is 0 Å². The Balaban J connectivity index is 2.22. The van der Waals surface area contributed by atoms with Gasteiger partial charge < -0.3 is 10.4 Å². The highest BCUT2D eigenvalue weighted by Crippen LogP contribution is 2.26. The van der Waals surface area contributed by atoms with Gasteiger partial charge in [0.05, 0.1) is 4.92 Å². The quantitative estimate of drug-likeness (QED) is 0.516. The normalized spacial score (nSPS) is 10.2. The highest BCUT2D eigenvalue weighted by atomic mass is 35.5. The smallest absolute Gasteiger partial charge is 0.287 e. The zero-order valence-electron chi connectivity index (χ0n) is 10.3. The van der Waals surface area contributed by atoms with Crippen molar-refractivity contribution in [3.8, 4) is 5.75 Å².